The van der Waals surface area contributed by atoms with Crippen LogP contribution in [0.4, 0.5) is 29.4 Å². The molecule has 9 aromatic heterocycles. The van der Waals surface area contributed by atoms with Crippen molar-refractivity contribution in [2.24, 2.45) is 16.5 Å². The first-order chi connectivity index (χ1) is 65.4. The monoisotopic (exact) mass is 2110 g/mol. The van der Waals surface area contributed by atoms with Gasteiger partial charge in [0.15, 0.2) is 77.1 Å². The SMILES string of the molecule is CO[C@H]1C(OP(C)(=O)O)[C@@H](COP(=O)(O)OC2[C@@H](COP(=O)(O)OC3[C@@H](COP(=O)(O)OC4[C@@H](COP(O)(=S)OC5[C@@H](COP(O)(=S)OC6[C@@H](CO)O[C@@H](n7cnc8c(=O)[nH]c(N)nc87)[C@H]6OC)O[C@@H](n6cnc7c(=O)[nH]c(N)nc76)[C@H]5OC)O[C@@H](n5cnc6c(N)ncnc65)[C@H]4OC)O[C@@H](n4ccc(N)nc4=O)[C@H]3OC)O[C@@H](n3ccc(=O)[nH]c3=O)[C@H]2OC)O[C@H]1n1cnc2c1NC(N)=NC2N. The smallest absolute Gasteiger partial charge is 0.394 e. The molecular formula is C65H90N26O39P6S2. The van der Waals surface area contributed by atoms with Gasteiger partial charge in [-0.05, 0) is 29.7 Å². The average Bonchev–Trinajstić information content (AvgIpc) is 1.60. The van der Waals surface area contributed by atoms with Crippen LogP contribution in [0.3, 0.4) is 0 Å². The molecule has 16 rings (SSSR count). The Morgan fingerprint density at radius 2 is 0.797 bits per heavy atom. The van der Waals surface area contributed by atoms with Crippen LogP contribution in [0.5, 0.6) is 0 Å². The summed E-state index contributed by atoms with van der Waals surface area (Å²) in [6, 6.07) is 2.02. The van der Waals surface area contributed by atoms with Gasteiger partial charge in [-0.15, -0.1) is 0 Å². The maximum atomic E-state index is 15.0. The molecule has 23 N–H and O–H groups in total. The summed E-state index contributed by atoms with van der Waals surface area (Å²) in [5.41, 5.74) is 30.9. The number of fused-ring (bicyclic) bond motifs is 4. The fourth-order valence-corrected chi connectivity index (χ4v) is 23.0. The number of nitrogens with one attached hydrogen (secondary N) is 4. The van der Waals surface area contributed by atoms with Crippen LogP contribution in [0.1, 0.15) is 49.2 Å². The van der Waals surface area contributed by atoms with Gasteiger partial charge in [0.05, 0.1) is 65.0 Å². The van der Waals surface area contributed by atoms with Gasteiger partial charge in [-0.25, -0.2) is 58.2 Å². The number of guanidine groups is 1. The molecule has 0 bridgehead atoms. The predicted molar refractivity (Wildman–Crippen MR) is 466 cm³/mol. The van der Waals surface area contributed by atoms with E-state index in [-0.39, 0.29) is 74.5 Å². The molecule has 16 heterocycles. The quantitative estimate of drug-likeness (QED) is 0.0160. The Kier molecular flexibility index (Phi) is 30.2. The van der Waals surface area contributed by atoms with Crippen molar-refractivity contribution in [2.75, 3.05) is 117 Å². The van der Waals surface area contributed by atoms with Gasteiger partial charge in [0.1, 0.15) is 145 Å². The number of rotatable bonds is 40. The Balaban J connectivity index is 0.646. The number of H-pyrrole nitrogens is 3. The fourth-order valence-electron chi connectivity index (χ4n) is 16.5. The van der Waals surface area contributed by atoms with Crippen LogP contribution in [0, 0.1) is 0 Å². The predicted octanol–water partition coefficient (Wildman–Crippen LogP) is -4.77. The van der Waals surface area contributed by atoms with Crippen molar-refractivity contribution < 1.29 is 159 Å². The molecule has 0 aromatic carbocycles. The summed E-state index contributed by atoms with van der Waals surface area (Å²) in [6.45, 7) is -15.0. The third-order valence-corrected chi connectivity index (χ3v) is 29.1. The number of phosphoric ester groups is 3. The van der Waals surface area contributed by atoms with E-state index in [9.17, 15) is 72.1 Å². The van der Waals surface area contributed by atoms with Gasteiger partial charge in [-0.1, -0.05) is 0 Å². The van der Waals surface area contributed by atoms with E-state index in [1.807, 2.05) is 4.98 Å². The van der Waals surface area contributed by atoms with E-state index in [4.69, 9.17) is 165 Å². The lowest BCUT2D eigenvalue weighted by Gasteiger charge is -2.30. The maximum Gasteiger partial charge on any atom is 0.472 e. The second-order valence-electron chi connectivity index (χ2n) is 31.0. The summed E-state index contributed by atoms with van der Waals surface area (Å²) in [7, 11) is -15.1. The minimum atomic E-state index is -5.87. The summed E-state index contributed by atoms with van der Waals surface area (Å²) in [6.07, 6.45) is -33.0. The molecule has 65 nitrogen and oxygen atoms in total. The Morgan fingerprint density at radius 1 is 0.428 bits per heavy atom. The number of phosphoric acid groups is 3. The molecule has 13 unspecified atom stereocenters. The first-order valence-electron chi connectivity index (χ1n) is 40.3. The number of hydrogen-bond donors (Lipinski definition) is 17. The van der Waals surface area contributed by atoms with Crippen molar-refractivity contribution >= 4 is 137 Å². The molecule has 7 aliphatic heterocycles. The number of anilines is 5. The molecule has 6 saturated heterocycles. The van der Waals surface area contributed by atoms with Crippen molar-refractivity contribution in [1.29, 1.82) is 0 Å². The highest BCUT2D eigenvalue weighted by molar-refractivity contribution is 8.07. The van der Waals surface area contributed by atoms with E-state index in [0.29, 0.717) is 0 Å². The second kappa shape index (κ2) is 40.7. The average molecular weight is 2110 g/mol. The normalized spacial score (nSPS) is 32.1. The minimum absolute atomic E-state index is 0.0140. The van der Waals surface area contributed by atoms with E-state index in [1.54, 1.807) is 0 Å². The molecule has 6 fully saturated rings. The zero-order valence-electron chi connectivity index (χ0n) is 72.2. The third kappa shape index (κ3) is 21.3. The van der Waals surface area contributed by atoms with Crippen LogP contribution in [0.15, 0.2) is 85.1 Å². The summed E-state index contributed by atoms with van der Waals surface area (Å²) in [4.78, 5) is 184. The summed E-state index contributed by atoms with van der Waals surface area (Å²) >= 11 is 11.3. The van der Waals surface area contributed by atoms with Gasteiger partial charge in [-0.2, -0.15) is 15.0 Å². The van der Waals surface area contributed by atoms with Crippen LogP contribution in [0.25, 0.3) is 33.5 Å². The molecule has 0 spiro atoms. The van der Waals surface area contributed by atoms with Gasteiger partial charge >= 0.3 is 55.9 Å². The second-order valence-corrected chi connectivity index (χ2v) is 42.6. The van der Waals surface area contributed by atoms with Crippen LogP contribution in [0.2, 0.25) is 0 Å². The number of aromatic nitrogens is 18. The number of aliphatic imine (C=N–C) groups is 1. The summed E-state index contributed by atoms with van der Waals surface area (Å²) < 4.78 is 200. The van der Waals surface area contributed by atoms with Crippen molar-refractivity contribution in [3.8, 4) is 0 Å². The number of aromatic amines is 3. The van der Waals surface area contributed by atoms with Gasteiger partial charge in [0.2, 0.25) is 11.9 Å². The lowest BCUT2D eigenvalue weighted by molar-refractivity contribution is -0.0675. The highest BCUT2D eigenvalue weighted by atomic mass is 32.5. The third-order valence-electron chi connectivity index (χ3n) is 22.4. The lowest BCUT2D eigenvalue weighted by atomic mass is 10.1. The number of nitrogen functional groups attached to an aromatic ring is 4. The lowest BCUT2D eigenvalue weighted by Crippen LogP contribution is -2.40. The van der Waals surface area contributed by atoms with E-state index < -0.39 is 266 Å². The molecule has 7 aliphatic rings. The van der Waals surface area contributed by atoms with E-state index in [0.717, 1.165) is 74.3 Å². The van der Waals surface area contributed by atoms with Crippen molar-refractivity contribution in [1.82, 2.24) is 87.2 Å². The largest absolute Gasteiger partial charge is 0.472 e. The molecular weight excluding hydrogens is 2020 g/mol. The number of nitrogens with two attached hydrogens (primary N) is 6. The highest BCUT2D eigenvalue weighted by Gasteiger charge is 2.59. The van der Waals surface area contributed by atoms with E-state index in [2.05, 4.69) is 65.1 Å². The maximum absolute atomic E-state index is 15.0. The molecule has 0 amide bonds. The van der Waals surface area contributed by atoms with Crippen LogP contribution in [-0.2, 0) is 148 Å². The number of imidazole rings is 4. The summed E-state index contributed by atoms with van der Waals surface area (Å²) in [5.74, 6) is -1.06. The van der Waals surface area contributed by atoms with E-state index >= 15 is 4.57 Å². The zero-order valence-corrected chi connectivity index (χ0v) is 79.2. The van der Waals surface area contributed by atoms with E-state index in [1.165, 1.54) is 58.6 Å². The van der Waals surface area contributed by atoms with Gasteiger partial charge < -0.3 is 140 Å². The Labute approximate surface area is 780 Å². The molecule has 0 radical (unpaired) electrons. The minimum Gasteiger partial charge on any atom is -0.394 e. The summed E-state index contributed by atoms with van der Waals surface area (Å²) in [5, 5.41) is 13.4. The first-order valence-corrected chi connectivity index (χ1v) is 52.0. The molecule has 0 aliphatic carbocycles. The number of methoxy groups -OCH3 is 6. The molecule has 73 heteroatoms. The van der Waals surface area contributed by atoms with Gasteiger partial charge in [-0.3, -0.25) is 102 Å². The van der Waals surface area contributed by atoms with Crippen LogP contribution in [-0.4, -0.2) is 326 Å². The molecule has 0 saturated carbocycles. The fraction of sp³-hybridized carbons (Fsp3) is 0.585. The van der Waals surface area contributed by atoms with Crippen molar-refractivity contribution in [2.45, 2.75) is 153 Å². The standard InChI is InChI=1S/C65H90N26O39P6S2/c1-108-41-35(23(12-92)119-58(41)90-21-76-33-51(90)82-62(70)84-53(33)94)129-135(106,137)118-17-28-40(46(113-6)60(124-28)91-22-77-34-52(91)83-63(71)85-54(34)95)130-136(107,138)117-16-27-39(45(112-5)57(123-27)88-19-74-31-47(67)72-18-73-49(31)88)128-134(104,105)116-14-25-37(43(110-3)55(120-25)86-10-8-29(66)78-64(86)96)126-133(102,103)115-15-26-38(44(111-4)56(121-26)87-11-9-30(93)79-65(87)97)127-132(100,101)114-13-24-36(125-131(7,98)99)42(109-2)59(122-24)89-20-75-32-48(68)80-61(69)81-50(32)89/h8-11,18-28,35-46,48,55-60,92H,12-17,68H2,1-7H3,(H,98,99)(H,100,101)(H,102,103)(H,104,105)(H,106,137)(H,107,138)(H2,66,78,96)(H2,67,72,73)(H3,69,80,81)(H,79,93,97)(H3,70,82,84,94)(H3,71,83,85,95)/t23-,24-,25-,26-,27-,28-,35?,36?,37?,38?,39?,40?,41+,42+,43+,44+,45+,46+,48?,55-,56-,57-,58-,59-,60-,135?,136?/m1/s1. The molecule has 138 heavy (non-hydrogen) atoms. The first kappa shape index (κ1) is 102. The number of hydrogen-bond acceptors (Lipinski definition) is 52. The van der Waals surface area contributed by atoms with Crippen LogP contribution < -0.4 is 67.8 Å². The highest BCUT2D eigenvalue weighted by Crippen LogP contribution is 2.59. The Hall–Kier alpha value is -8.53. The molecule has 31 atom stereocenters. The molecule has 756 valence electrons. The number of nitrogens with zero attached hydrogens (tertiary/aromatic N) is 16. The molecule has 9 aromatic rings. The zero-order chi connectivity index (χ0) is 99.1. The topological polar surface area (TPSA) is 881 Å². The Bertz CT molecular complexity index is 6670. The Morgan fingerprint density at radius 3 is 1.22 bits per heavy atom. The van der Waals surface area contributed by atoms with Crippen molar-refractivity contribution in [3.05, 3.63) is 114 Å². The van der Waals surface area contributed by atoms with Gasteiger partial charge in [0.25, 0.3) is 16.7 Å². The number of aliphatic hydroxyl groups is 1. The van der Waals surface area contributed by atoms with Crippen molar-refractivity contribution in [3.63, 3.8) is 0 Å². The number of aliphatic hydroxyl groups excluding tert-OH is 1. The van der Waals surface area contributed by atoms with Gasteiger partial charge in [0, 0.05) is 67.8 Å². The van der Waals surface area contributed by atoms with Crippen LogP contribution >= 0.6 is 44.5 Å². The number of ether oxygens (including phenoxy) is 12.